The Morgan fingerprint density at radius 3 is 2.41 bits per heavy atom. The maximum atomic E-state index is 10.9. The SMILES string of the molecule is O=C(O)c1ccc(/C(O)=C/C23CCCC=C2CCCC3)cc1. The second kappa shape index (κ2) is 5.99. The van der Waals surface area contributed by atoms with Crippen LogP contribution in [0.25, 0.3) is 5.76 Å². The largest absolute Gasteiger partial charge is 0.508 e. The van der Waals surface area contributed by atoms with Crippen LogP contribution < -0.4 is 0 Å². The van der Waals surface area contributed by atoms with Crippen LogP contribution in [0.3, 0.4) is 0 Å². The summed E-state index contributed by atoms with van der Waals surface area (Å²) in [6.07, 6.45) is 12.5. The first kappa shape index (κ1) is 14.9. The number of aliphatic hydroxyl groups excluding tert-OH is 1. The van der Waals surface area contributed by atoms with E-state index in [2.05, 4.69) is 6.08 Å². The van der Waals surface area contributed by atoms with Crippen LogP contribution >= 0.6 is 0 Å². The quantitative estimate of drug-likeness (QED) is 0.613. The molecular weight excluding hydrogens is 276 g/mol. The Bertz CT molecular complexity index is 625. The molecule has 0 saturated heterocycles. The Morgan fingerprint density at radius 2 is 1.68 bits per heavy atom. The van der Waals surface area contributed by atoms with Crippen molar-refractivity contribution in [1.29, 1.82) is 0 Å². The van der Waals surface area contributed by atoms with Gasteiger partial charge in [0.1, 0.15) is 5.76 Å². The fourth-order valence-corrected chi connectivity index (χ4v) is 3.82. The summed E-state index contributed by atoms with van der Waals surface area (Å²) >= 11 is 0. The maximum absolute atomic E-state index is 10.9. The van der Waals surface area contributed by atoms with E-state index in [0.29, 0.717) is 5.56 Å². The minimum Gasteiger partial charge on any atom is -0.508 e. The van der Waals surface area contributed by atoms with Gasteiger partial charge in [0.2, 0.25) is 0 Å². The number of allylic oxidation sites excluding steroid dienone is 3. The number of fused-ring (bicyclic) bond motifs is 1. The molecule has 2 aliphatic rings. The van der Waals surface area contributed by atoms with Gasteiger partial charge in [0.05, 0.1) is 5.56 Å². The first-order valence-corrected chi connectivity index (χ1v) is 8.06. The van der Waals surface area contributed by atoms with Crippen LogP contribution in [0.2, 0.25) is 0 Å². The van der Waals surface area contributed by atoms with E-state index in [-0.39, 0.29) is 16.7 Å². The predicted octanol–water partition coefficient (Wildman–Crippen LogP) is 4.95. The van der Waals surface area contributed by atoms with Crippen molar-refractivity contribution in [2.24, 2.45) is 5.41 Å². The van der Waals surface area contributed by atoms with E-state index in [1.165, 1.54) is 37.0 Å². The third-order valence-corrected chi connectivity index (χ3v) is 5.02. The highest BCUT2D eigenvalue weighted by Crippen LogP contribution is 2.49. The fourth-order valence-electron chi connectivity index (χ4n) is 3.82. The summed E-state index contributed by atoms with van der Waals surface area (Å²) in [5.74, 6) is -0.676. The van der Waals surface area contributed by atoms with Gasteiger partial charge in [-0.1, -0.05) is 30.2 Å². The van der Waals surface area contributed by atoms with Crippen molar-refractivity contribution >= 4 is 11.7 Å². The molecule has 116 valence electrons. The summed E-state index contributed by atoms with van der Waals surface area (Å²) in [6, 6.07) is 6.44. The maximum Gasteiger partial charge on any atom is 0.335 e. The lowest BCUT2D eigenvalue weighted by Gasteiger charge is -2.40. The van der Waals surface area contributed by atoms with Gasteiger partial charge in [-0.3, -0.25) is 0 Å². The molecule has 1 saturated carbocycles. The molecule has 1 fully saturated rings. The molecule has 0 heterocycles. The number of carbonyl (C=O) groups is 1. The fraction of sp³-hybridized carbons (Fsp3) is 0.421. The van der Waals surface area contributed by atoms with Gasteiger partial charge in [0.15, 0.2) is 0 Å². The highest BCUT2D eigenvalue weighted by Gasteiger charge is 2.36. The van der Waals surface area contributed by atoms with Gasteiger partial charge in [-0.15, -0.1) is 0 Å². The van der Waals surface area contributed by atoms with Gasteiger partial charge < -0.3 is 10.2 Å². The molecule has 1 unspecified atom stereocenters. The highest BCUT2D eigenvalue weighted by atomic mass is 16.4. The monoisotopic (exact) mass is 298 g/mol. The molecule has 3 nitrogen and oxygen atoms in total. The Morgan fingerprint density at radius 1 is 1.00 bits per heavy atom. The number of benzene rings is 1. The molecule has 0 aromatic heterocycles. The highest BCUT2D eigenvalue weighted by molar-refractivity contribution is 5.87. The van der Waals surface area contributed by atoms with Crippen molar-refractivity contribution in [2.75, 3.05) is 0 Å². The van der Waals surface area contributed by atoms with Gasteiger partial charge in [-0.25, -0.2) is 4.79 Å². The van der Waals surface area contributed by atoms with Gasteiger partial charge in [0, 0.05) is 11.0 Å². The van der Waals surface area contributed by atoms with Crippen molar-refractivity contribution in [1.82, 2.24) is 0 Å². The molecule has 1 aromatic carbocycles. The predicted molar refractivity (Wildman–Crippen MR) is 86.8 cm³/mol. The van der Waals surface area contributed by atoms with Gasteiger partial charge >= 0.3 is 5.97 Å². The molecule has 0 radical (unpaired) electrons. The van der Waals surface area contributed by atoms with Crippen LogP contribution in [0.1, 0.15) is 60.9 Å². The second-order valence-corrected chi connectivity index (χ2v) is 6.40. The van der Waals surface area contributed by atoms with E-state index < -0.39 is 5.97 Å². The molecule has 1 aromatic rings. The summed E-state index contributed by atoms with van der Waals surface area (Å²) in [5.41, 5.74) is 2.44. The number of carboxylic acid groups (broad SMARTS) is 1. The molecule has 1 atom stereocenters. The zero-order valence-electron chi connectivity index (χ0n) is 12.7. The number of rotatable bonds is 3. The Balaban J connectivity index is 1.90. The lowest BCUT2D eigenvalue weighted by Crippen LogP contribution is -2.27. The molecular formula is C19H22O3. The average molecular weight is 298 g/mol. The molecule has 0 aliphatic heterocycles. The van der Waals surface area contributed by atoms with Crippen molar-refractivity contribution in [2.45, 2.75) is 44.9 Å². The molecule has 2 aliphatic carbocycles. The first-order valence-electron chi connectivity index (χ1n) is 8.06. The van der Waals surface area contributed by atoms with Gasteiger partial charge in [0.25, 0.3) is 0 Å². The van der Waals surface area contributed by atoms with Crippen LogP contribution in [0.4, 0.5) is 0 Å². The molecule has 0 bridgehead atoms. The van der Waals surface area contributed by atoms with Crippen LogP contribution in [-0.2, 0) is 0 Å². The number of hydrogen-bond acceptors (Lipinski definition) is 2. The van der Waals surface area contributed by atoms with Crippen LogP contribution in [0.15, 0.2) is 42.0 Å². The van der Waals surface area contributed by atoms with E-state index in [9.17, 15) is 9.90 Å². The summed E-state index contributed by atoms with van der Waals surface area (Å²) < 4.78 is 0. The minimum atomic E-state index is -0.946. The summed E-state index contributed by atoms with van der Waals surface area (Å²) in [6.45, 7) is 0. The van der Waals surface area contributed by atoms with Crippen molar-refractivity contribution < 1.29 is 15.0 Å². The summed E-state index contributed by atoms with van der Waals surface area (Å²) in [7, 11) is 0. The van der Waals surface area contributed by atoms with Crippen LogP contribution in [-0.4, -0.2) is 16.2 Å². The average Bonchev–Trinajstić information content (AvgIpc) is 2.54. The van der Waals surface area contributed by atoms with Crippen LogP contribution in [0, 0.1) is 5.41 Å². The lowest BCUT2D eigenvalue weighted by molar-refractivity contribution is 0.0697. The Hall–Kier alpha value is -2.03. The Kier molecular flexibility index (Phi) is 4.06. The zero-order chi connectivity index (χ0) is 15.6. The van der Waals surface area contributed by atoms with E-state index in [0.717, 1.165) is 25.7 Å². The van der Waals surface area contributed by atoms with E-state index in [1.54, 1.807) is 12.1 Å². The summed E-state index contributed by atoms with van der Waals surface area (Å²) in [4.78, 5) is 10.9. The smallest absolute Gasteiger partial charge is 0.335 e. The van der Waals surface area contributed by atoms with E-state index >= 15 is 0 Å². The first-order chi connectivity index (χ1) is 10.6. The van der Waals surface area contributed by atoms with Gasteiger partial charge in [-0.05, 0) is 56.7 Å². The number of carboxylic acids is 1. The lowest BCUT2D eigenvalue weighted by atomic mass is 9.64. The molecule has 0 spiro atoms. The minimum absolute atomic E-state index is 0.0199. The number of hydrogen-bond donors (Lipinski definition) is 2. The standard InChI is InChI=1S/C19H22O3/c20-17(14-7-9-15(10-8-14)18(21)22)13-19-11-3-1-5-16(19)6-2-4-12-19/h5,7-10,13,20H,1-4,6,11-12H2,(H,21,22)/b17-13-. The van der Waals surface area contributed by atoms with E-state index in [4.69, 9.17) is 5.11 Å². The number of aromatic carboxylic acids is 1. The molecule has 3 rings (SSSR count). The summed E-state index contributed by atoms with van der Waals surface area (Å²) in [5, 5.41) is 19.5. The third-order valence-electron chi connectivity index (χ3n) is 5.02. The van der Waals surface area contributed by atoms with Crippen molar-refractivity contribution in [3.8, 4) is 0 Å². The van der Waals surface area contributed by atoms with Gasteiger partial charge in [-0.2, -0.15) is 0 Å². The molecule has 2 N–H and O–H groups in total. The van der Waals surface area contributed by atoms with Crippen LogP contribution in [0.5, 0.6) is 0 Å². The Labute approximate surface area is 131 Å². The topological polar surface area (TPSA) is 57.5 Å². The molecule has 22 heavy (non-hydrogen) atoms. The third kappa shape index (κ3) is 2.80. The second-order valence-electron chi connectivity index (χ2n) is 6.40. The van der Waals surface area contributed by atoms with Crippen molar-refractivity contribution in [3.05, 3.63) is 53.1 Å². The zero-order valence-corrected chi connectivity index (χ0v) is 12.7. The van der Waals surface area contributed by atoms with E-state index in [1.807, 2.05) is 6.08 Å². The number of aliphatic hydroxyl groups is 1. The molecule has 0 amide bonds. The normalized spacial score (nSPS) is 25.3. The van der Waals surface area contributed by atoms with Crippen molar-refractivity contribution in [3.63, 3.8) is 0 Å². The molecule has 3 heteroatoms.